The van der Waals surface area contributed by atoms with E-state index in [4.69, 9.17) is 0 Å². The molecular formula is C5H14N4. The van der Waals surface area contributed by atoms with E-state index in [-0.39, 0.29) is 0 Å². The van der Waals surface area contributed by atoms with E-state index in [0.29, 0.717) is 6.17 Å². The molecule has 0 aliphatic carbocycles. The number of nitrogens with one attached hydrogen (secondary N) is 3. The monoisotopic (exact) mass is 130 g/mol. The average molecular weight is 130 g/mol. The molecule has 1 rings (SSSR count). The van der Waals surface area contributed by atoms with E-state index in [2.05, 4.69) is 35.4 Å². The number of rotatable bonds is 1. The maximum atomic E-state index is 3.08. The van der Waals surface area contributed by atoms with Crippen LogP contribution in [-0.4, -0.2) is 31.7 Å². The van der Waals surface area contributed by atoms with Crippen LogP contribution in [0.1, 0.15) is 6.42 Å². The Labute approximate surface area is 55.5 Å². The molecule has 0 aromatic rings. The fourth-order valence-corrected chi connectivity index (χ4v) is 0.865. The molecule has 1 heterocycles. The zero-order valence-corrected chi connectivity index (χ0v) is 5.94. The van der Waals surface area contributed by atoms with Crippen LogP contribution in [0, 0.1) is 0 Å². The first-order valence-electron chi connectivity index (χ1n) is 3.20. The highest BCUT2D eigenvalue weighted by atomic mass is 15.6. The highest BCUT2D eigenvalue weighted by molar-refractivity contribution is 4.64. The summed E-state index contributed by atoms with van der Waals surface area (Å²) in [6, 6.07) is 0. The zero-order chi connectivity index (χ0) is 6.69. The van der Waals surface area contributed by atoms with Crippen molar-refractivity contribution in [2.45, 2.75) is 12.6 Å². The van der Waals surface area contributed by atoms with E-state index in [0.717, 1.165) is 13.0 Å². The van der Waals surface area contributed by atoms with Gasteiger partial charge in [0.2, 0.25) is 0 Å². The summed E-state index contributed by atoms with van der Waals surface area (Å²) in [4.78, 5) is 2.15. The number of nitrogens with zero attached hydrogens (tertiary/aromatic N) is 1. The van der Waals surface area contributed by atoms with Crippen LogP contribution in [0.4, 0.5) is 0 Å². The molecule has 1 aliphatic heterocycles. The summed E-state index contributed by atoms with van der Waals surface area (Å²) >= 11 is 0. The standard InChI is InChI=1S/C5H14N4/c1-9(2)5-3-4-6-8-7-5/h5-8H,3-4H2,1-2H3. The summed E-state index contributed by atoms with van der Waals surface area (Å²) in [5, 5.41) is 0. The molecule has 0 saturated carbocycles. The molecule has 0 aromatic carbocycles. The van der Waals surface area contributed by atoms with Gasteiger partial charge >= 0.3 is 0 Å². The van der Waals surface area contributed by atoms with Gasteiger partial charge in [-0.25, -0.2) is 10.9 Å². The predicted octanol–water partition coefficient (Wildman–Crippen LogP) is -1.12. The topological polar surface area (TPSA) is 39.3 Å². The number of hydrogen-bond donors (Lipinski definition) is 3. The SMILES string of the molecule is CN(C)C1CCNNN1. The Morgan fingerprint density at radius 1 is 1.44 bits per heavy atom. The van der Waals surface area contributed by atoms with Crippen LogP contribution in [0.3, 0.4) is 0 Å². The molecule has 9 heavy (non-hydrogen) atoms. The molecule has 0 amide bonds. The van der Waals surface area contributed by atoms with Crippen molar-refractivity contribution in [2.75, 3.05) is 20.6 Å². The largest absolute Gasteiger partial charge is 0.293 e. The van der Waals surface area contributed by atoms with Crippen molar-refractivity contribution in [2.24, 2.45) is 0 Å². The van der Waals surface area contributed by atoms with E-state index in [1.807, 2.05) is 0 Å². The Morgan fingerprint density at radius 2 is 2.22 bits per heavy atom. The lowest BCUT2D eigenvalue weighted by molar-refractivity contribution is 0.159. The van der Waals surface area contributed by atoms with Gasteiger partial charge in [-0.2, -0.15) is 5.53 Å². The van der Waals surface area contributed by atoms with Crippen molar-refractivity contribution in [1.82, 2.24) is 21.3 Å². The molecule has 54 valence electrons. The van der Waals surface area contributed by atoms with Gasteiger partial charge < -0.3 is 0 Å². The van der Waals surface area contributed by atoms with E-state index >= 15 is 0 Å². The van der Waals surface area contributed by atoms with Gasteiger partial charge in [-0.05, 0) is 20.5 Å². The maximum Gasteiger partial charge on any atom is 0.0750 e. The number of hydrogen-bond acceptors (Lipinski definition) is 4. The summed E-state index contributed by atoms with van der Waals surface area (Å²) in [5.41, 5.74) is 8.94. The van der Waals surface area contributed by atoms with E-state index < -0.39 is 0 Å². The van der Waals surface area contributed by atoms with Gasteiger partial charge in [0.15, 0.2) is 0 Å². The van der Waals surface area contributed by atoms with Gasteiger partial charge in [0.1, 0.15) is 0 Å². The van der Waals surface area contributed by atoms with Crippen molar-refractivity contribution in [3.8, 4) is 0 Å². The third-order valence-electron chi connectivity index (χ3n) is 1.49. The highest BCUT2D eigenvalue weighted by Crippen LogP contribution is 1.94. The van der Waals surface area contributed by atoms with Crippen LogP contribution in [0.15, 0.2) is 0 Å². The molecule has 1 atom stereocenters. The molecular weight excluding hydrogens is 116 g/mol. The second-order valence-electron chi connectivity index (χ2n) is 2.46. The summed E-state index contributed by atoms with van der Waals surface area (Å²) in [5.74, 6) is 0. The summed E-state index contributed by atoms with van der Waals surface area (Å²) in [6.45, 7) is 1.02. The van der Waals surface area contributed by atoms with Crippen molar-refractivity contribution in [3.63, 3.8) is 0 Å². The van der Waals surface area contributed by atoms with Crippen molar-refractivity contribution < 1.29 is 0 Å². The first kappa shape index (κ1) is 6.95. The molecule has 3 N–H and O–H groups in total. The van der Waals surface area contributed by atoms with E-state index in [1.165, 1.54) is 0 Å². The van der Waals surface area contributed by atoms with Gasteiger partial charge in [0, 0.05) is 6.54 Å². The molecule has 4 heteroatoms. The Hall–Kier alpha value is -0.160. The van der Waals surface area contributed by atoms with Gasteiger partial charge in [-0.15, -0.1) is 0 Å². The van der Waals surface area contributed by atoms with Crippen LogP contribution in [0.25, 0.3) is 0 Å². The maximum absolute atomic E-state index is 3.08. The quantitative estimate of drug-likeness (QED) is 0.420. The first-order chi connectivity index (χ1) is 4.30. The smallest absolute Gasteiger partial charge is 0.0750 e. The Morgan fingerprint density at radius 3 is 2.56 bits per heavy atom. The third-order valence-corrected chi connectivity index (χ3v) is 1.49. The van der Waals surface area contributed by atoms with Crippen molar-refractivity contribution in [3.05, 3.63) is 0 Å². The molecule has 1 fully saturated rings. The fourth-order valence-electron chi connectivity index (χ4n) is 0.865. The molecule has 1 aliphatic rings. The summed E-state index contributed by atoms with van der Waals surface area (Å²) < 4.78 is 0. The zero-order valence-electron chi connectivity index (χ0n) is 5.94. The van der Waals surface area contributed by atoms with Crippen LogP contribution in [0.5, 0.6) is 0 Å². The first-order valence-corrected chi connectivity index (χ1v) is 3.20. The van der Waals surface area contributed by atoms with Gasteiger partial charge in [0.05, 0.1) is 6.17 Å². The predicted molar refractivity (Wildman–Crippen MR) is 36.4 cm³/mol. The molecule has 1 unspecified atom stereocenters. The van der Waals surface area contributed by atoms with Crippen LogP contribution < -0.4 is 16.4 Å². The normalized spacial score (nSPS) is 29.0. The van der Waals surface area contributed by atoms with Gasteiger partial charge in [0.25, 0.3) is 0 Å². The Balaban J connectivity index is 2.23. The Kier molecular flexibility index (Phi) is 2.41. The van der Waals surface area contributed by atoms with Gasteiger partial charge in [-0.3, -0.25) is 4.90 Å². The Bertz CT molecular complexity index is 77.0. The van der Waals surface area contributed by atoms with E-state index in [9.17, 15) is 0 Å². The van der Waals surface area contributed by atoms with Crippen molar-refractivity contribution >= 4 is 0 Å². The van der Waals surface area contributed by atoms with Gasteiger partial charge in [-0.1, -0.05) is 0 Å². The lowest BCUT2D eigenvalue weighted by atomic mass is 10.3. The average Bonchev–Trinajstić information content (AvgIpc) is 1.90. The van der Waals surface area contributed by atoms with Crippen LogP contribution in [0.2, 0.25) is 0 Å². The van der Waals surface area contributed by atoms with Crippen LogP contribution in [-0.2, 0) is 0 Å². The van der Waals surface area contributed by atoms with E-state index in [1.54, 1.807) is 0 Å². The highest BCUT2D eigenvalue weighted by Gasteiger charge is 2.12. The molecule has 4 nitrogen and oxygen atoms in total. The summed E-state index contributed by atoms with van der Waals surface area (Å²) in [7, 11) is 4.12. The molecule has 0 aromatic heterocycles. The molecule has 0 bridgehead atoms. The molecule has 0 spiro atoms. The second-order valence-corrected chi connectivity index (χ2v) is 2.46. The minimum atomic E-state index is 0.464. The minimum absolute atomic E-state index is 0.464. The second kappa shape index (κ2) is 3.12. The summed E-state index contributed by atoms with van der Waals surface area (Å²) in [6.07, 6.45) is 1.60. The lowest BCUT2D eigenvalue weighted by Gasteiger charge is -2.29. The lowest BCUT2D eigenvalue weighted by Crippen LogP contribution is -2.59. The minimum Gasteiger partial charge on any atom is -0.293 e. The van der Waals surface area contributed by atoms with Crippen LogP contribution >= 0.6 is 0 Å². The molecule has 1 saturated heterocycles. The fraction of sp³-hybridized carbons (Fsp3) is 1.00. The number of hydrazine groups is 2. The van der Waals surface area contributed by atoms with Crippen molar-refractivity contribution in [1.29, 1.82) is 0 Å². The molecule has 0 radical (unpaired) electrons. The third kappa shape index (κ3) is 1.91.